The van der Waals surface area contributed by atoms with Crippen molar-refractivity contribution in [2.75, 3.05) is 13.1 Å². The summed E-state index contributed by atoms with van der Waals surface area (Å²) in [4.78, 5) is 25.7. The maximum Gasteiger partial charge on any atom is 0.293 e. The van der Waals surface area contributed by atoms with Gasteiger partial charge in [-0.2, -0.15) is 0 Å². The predicted molar refractivity (Wildman–Crippen MR) is 100 cm³/mol. The van der Waals surface area contributed by atoms with Gasteiger partial charge in [-0.05, 0) is 24.5 Å². The number of carbonyl (C=O) groups is 1. The van der Waals surface area contributed by atoms with Gasteiger partial charge in [0, 0.05) is 31.9 Å². The van der Waals surface area contributed by atoms with E-state index < -0.39 is 4.92 Å². The second-order valence-corrected chi connectivity index (χ2v) is 5.66. The molecule has 2 heterocycles. The third kappa shape index (κ3) is 7.58. The first-order chi connectivity index (χ1) is 12.2. The number of halogens is 1. The number of rotatable bonds is 5. The first kappa shape index (κ1) is 21.5. The average molecular weight is 380 g/mol. The third-order valence-electron chi connectivity index (χ3n) is 3.89. The van der Waals surface area contributed by atoms with E-state index in [1.807, 2.05) is 6.07 Å². The van der Waals surface area contributed by atoms with Crippen LogP contribution in [0.5, 0.6) is 0 Å². The van der Waals surface area contributed by atoms with E-state index in [2.05, 4.69) is 34.1 Å². The molecule has 0 N–H and O–H groups in total. The minimum absolute atomic E-state index is 0. The molecule has 0 unspecified atom stereocenters. The molecule has 7 nitrogen and oxygen atoms in total. The normalized spacial score (nSPS) is 14.3. The van der Waals surface area contributed by atoms with Gasteiger partial charge in [0.05, 0.1) is 4.92 Å². The van der Waals surface area contributed by atoms with Crippen LogP contribution < -0.4 is 0 Å². The van der Waals surface area contributed by atoms with Gasteiger partial charge in [-0.3, -0.25) is 24.8 Å². The summed E-state index contributed by atoms with van der Waals surface area (Å²) in [6.45, 7) is 3.58. The van der Waals surface area contributed by atoms with Crippen molar-refractivity contribution in [2.45, 2.75) is 25.5 Å². The molecule has 1 saturated heterocycles. The Morgan fingerprint density at radius 1 is 1.19 bits per heavy atom. The molecule has 0 amide bonds. The number of nitro groups is 1. The Bertz CT molecular complexity index is 650. The van der Waals surface area contributed by atoms with Crippen LogP contribution in [-0.2, 0) is 16.1 Å². The van der Waals surface area contributed by atoms with Gasteiger partial charge in [-0.1, -0.05) is 30.3 Å². The highest BCUT2D eigenvalue weighted by molar-refractivity contribution is 5.85. The summed E-state index contributed by atoms with van der Waals surface area (Å²) < 4.78 is 4.97. The minimum atomic E-state index is -0.479. The van der Waals surface area contributed by atoms with Crippen LogP contribution >= 0.6 is 12.4 Å². The molecule has 1 fully saturated rings. The number of benzene rings is 1. The summed E-state index contributed by atoms with van der Waals surface area (Å²) in [5.74, 6) is 0. The Balaban J connectivity index is 0.000000290. The summed E-state index contributed by atoms with van der Waals surface area (Å²) in [5, 5.41) is 9.97. The fourth-order valence-electron chi connectivity index (χ4n) is 2.59. The van der Waals surface area contributed by atoms with Crippen molar-refractivity contribution in [3.63, 3.8) is 0 Å². The molecule has 0 spiro atoms. The van der Waals surface area contributed by atoms with E-state index in [0.717, 1.165) is 32.5 Å². The van der Waals surface area contributed by atoms with Crippen molar-refractivity contribution in [3.8, 4) is 0 Å². The summed E-state index contributed by atoms with van der Waals surface area (Å²) in [7, 11) is 0. The van der Waals surface area contributed by atoms with Gasteiger partial charge < -0.3 is 4.74 Å². The van der Waals surface area contributed by atoms with Gasteiger partial charge in [0.1, 0.15) is 12.3 Å². The number of piperidine rings is 1. The fourth-order valence-corrected chi connectivity index (χ4v) is 2.59. The number of ether oxygens (including phenoxy) is 1. The number of aromatic nitrogens is 1. The molecule has 26 heavy (non-hydrogen) atoms. The van der Waals surface area contributed by atoms with E-state index in [1.54, 1.807) is 0 Å². The lowest BCUT2D eigenvalue weighted by Gasteiger charge is -2.30. The average Bonchev–Trinajstić information content (AvgIpc) is 2.66. The van der Waals surface area contributed by atoms with Crippen molar-refractivity contribution < 1.29 is 14.5 Å². The van der Waals surface area contributed by atoms with Gasteiger partial charge in [-0.15, -0.1) is 12.4 Å². The number of nitrogens with zero attached hydrogens (tertiary/aromatic N) is 3. The summed E-state index contributed by atoms with van der Waals surface area (Å²) >= 11 is 0. The number of hydrogen-bond donors (Lipinski definition) is 0. The molecule has 1 aliphatic heterocycles. The Morgan fingerprint density at radius 3 is 2.38 bits per heavy atom. The maximum atomic E-state index is 10.2. The summed E-state index contributed by atoms with van der Waals surface area (Å²) in [5.41, 5.74) is 1.37. The van der Waals surface area contributed by atoms with Crippen molar-refractivity contribution >= 4 is 24.6 Å². The lowest BCUT2D eigenvalue weighted by Crippen LogP contribution is -2.36. The second kappa shape index (κ2) is 11.9. The zero-order chi connectivity index (χ0) is 17.9. The molecule has 1 aromatic carbocycles. The van der Waals surface area contributed by atoms with E-state index in [4.69, 9.17) is 4.74 Å². The van der Waals surface area contributed by atoms with Crippen LogP contribution in [0.2, 0.25) is 0 Å². The van der Waals surface area contributed by atoms with Crippen molar-refractivity contribution in [1.29, 1.82) is 0 Å². The highest BCUT2D eigenvalue weighted by Crippen LogP contribution is 2.15. The van der Waals surface area contributed by atoms with Gasteiger partial charge in [-0.25, -0.2) is 0 Å². The largest absolute Gasteiger partial charge is 0.464 e. The third-order valence-corrected chi connectivity index (χ3v) is 3.89. The van der Waals surface area contributed by atoms with Crippen molar-refractivity contribution in [1.82, 2.24) is 9.88 Å². The molecule has 0 radical (unpaired) electrons. The summed E-state index contributed by atoms with van der Waals surface area (Å²) in [6, 6.07) is 13.4. The molecule has 1 aliphatic rings. The van der Waals surface area contributed by atoms with Gasteiger partial charge in [0.15, 0.2) is 0 Å². The molecule has 0 atom stereocenters. The van der Waals surface area contributed by atoms with Crippen molar-refractivity contribution in [3.05, 3.63) is 70.5 Å². The Kier molecular flexibility index (Phi) is 9.89. The van der Waals surface area contributed by atoms with Crippen molar-refractivity contribution in [2.24, 2.45) is 0 Å². The van der Waals surface area contributed by atoms with E-state index in [-0.39, 0.29) is 24.2 Å². The van der Waals surface area contributed by atoms with Crippen LogP contribution in [0, 0.1) is 10.1 Å². The standard InChI is InChI=1S/C13H17NO2.C5H4N2O2.ClH/c15-11-16-13-6-8-14(9-7-13)10-12-4-2-1-3-5-12;8-7(9)5-2-1-3-6-4-5;/h1-5,11,13H,6-10H2;1-4H;1H. The Morgan fingerprint density at radius 2 is 1.88 bits per heavy atom. The van der Waals surface area contributed by atoms with Gasteiger partial charge in [0.25, 0.3) is 12.2 Å². The lowest BCUT2D eigenvalue weighted by molar-refractivity contribution is -0.385. The molecule has 0 bridgehead atoms. The molecule has 1 aromatic heterocycles. The maximum absolute atomic E-state index is 10.2. The minimum Gasteiger partial charge on any atom is -0.464 e. The van der Waals surface area contributed by atoms with E-state index in [9.17, 15) is 14.9 Å². The van der Waals surface area contributed by atoms with Crippen LogP contribution in [0.4, 0.5) is 5.69 Å². The highest BCUT2D eigenvalue weighted by atomic mass is 35.5. The number of pyridine rings is 1. The zero-order valence-electron chi connectivity index (χ0n) is 14.3. The lowest BCUT2D eigenvalue weighted by atomic mass is 10.1. The molecular weight excluding hydrogens is 358 g/mol. The van der Waals surface area contributed by atoms with Crippen LogP contribution in [0.15, 0.2) is 54.9 Å². The smallest absolute Gasteiger partial charge is 0.293 e. The first-order valence-electron chi connectivity index (χ1n) is 8.09. The number of likely N-dealkylation sites (tertiary alicyclic amines) is 1. The van der Waals surface area contributed by atoms with E-state index in [1.165, 1.54) is 30.1 Å². The topological polar surface area (TPSA) is 85.6 Å². The molecule has 0 aliphatic carbocycles. The SMILES string of the molecule is Cl.O=COC1CCN(Cc2ccccc2)CC1.O=[N+]([O-])c1cccnc1. The van der Waals surface area contributed by atoms with Crippen LogP contribution in [0.1, 0.15) is 18.4 Å². The molecule has 3 rings (SSSR count). The highest BCUT2D eigenvalue weighted by Gasteiger charge is 2.19. The second-order valence-electron chi connectivity index (χ2n) is 5.66. The van der Waals surface area contributed by atoms with Gasteiger partial charge in [0.2, 0.25) is 0 Å². The molecule has 2 aromatic rings. The molecule has 140 valence electrons. The molecule has 0 saturated carbocycles. The first-order valence-corrected chi connectivity index (χ1v) is 8.09. The van der Waals surface area contributed by atoms with E-state index in [0.29, 0.717) is 6.47 Å². The molecular formula is C18H22ClN3O4. The number of hydrogen-bond acceptors (Lipinski definition) is 6. The zero-order valence-corrected chi connectivity index (χ0v) is 15.1. The quantitative estimate of drug-likeness (QED) is 0.450. The Hall–Kier alpha value is -2.51. The Labute approximate surface area is 158 Å². The van der Waals surface area contributed by atoms with E-state index >= 15 is 0 Å². The van der Waals surface area contributed by atoms with Crippen LogP contribution in [-0.4, -0.2) is 40.5 Å². The number of carbonyl (C=O) groups excluding carboxylic acids is 1. The monoisotopic (exact) mass is 379 g/mol. The van der Waals surface area contributed by atoms with Crippen LogP contribution in [0.25, 0.3) is 0 Å². The van der Waals surface area contributed by atoms with Crippen LogP contribution in [0.3, 0.4) is 0 Å². The predicted octanol–water partition coefficient (Wildman–Crippen LogP) is 3.24. The van der Waals surface area contributed by atoms with Gasteiger partial charge >= 0.3 is 0 Å². The summed E-state index contributed by atoms with van der Waals surface area (Å²) in [6.07, 6.45) is 4.73. The fraction of sp³-hybridized carbons (Fsp3) is 0.333. The molecule has 8 heteroatoms.